The van der Waals surface area contributed by atoms with E-state index in [2.05, 4.69) is 32.1 Å². The largest absolute Gasteiger partial charge is 0.396 e. The first kappa shape index (κ1) is 23.7. The highest BCUT2D eigenvalue weighted by Gasteiger charge is 2.19. The second kappa shape index (κ2) is 11.1. The van der Waals surface area contributed by atoms with Crippen LogP contribution in [0.1, 0.15) is 43.6 Å². The van der Waals surface area contributed by atoms with Crippen molar-refractivity contribution in [3.63, 3.8) is 0 Å². The number of hydrogen-bond acceptors (Lipinski definition) is 6. The quantitative estimate of drug-likeness (QED) is 0.557. The summed E-state index contributed by atoms with van der Waals surface area (Å²) in [6, 6.07) is 7.08. The van der Waals surface area contributed by atoms with E-state index in [1.165, 1.54) is 19.5 Å². The third-order valence-corrected chi connectivity index (χ3v) is 5.22. The van der Waals surface area contributed by atoms with E-state index >= 15 is 0 Å². The fourth-order valence-electron chi connectivity index (χ4n) is 3.71. The number of likely N-dealkylation sites (tertiary alicyclic amines) is 1. The monoisotopic (exact) mass is 446 g/mol. The number of nitrogens with zero attached hydrogens (tertiary/aromatic N) is 3. The molecule has 2 aromatic rings. The first-order chi connectivity index (χ1) is 15.9. The summed E-state index contributed by atoms with van der Waals surface area (Å²) in [6.07, 6.45) is 10.4. The van der Waals surface area contributed by atoms with E-state index in [1.54, 1.807) is 30.3 Å². The molecule has 0 aliphatic carbocycles. The van der Waals surface area contributed by atoms with Crippen molar-refractivity contribution in [2.75, 3.05) is 24.1 Å². The van der Waals surface area contributed by atoms with E-state index in [1.807, 2.05) is 19.1 Å². The summed E-state index contributed by atoms with van der Waals surface area (Å²) >= 11 is 0. The Kier molecular flexibility index (Phi) is 7.96. The number of nitrogens with one attached hydrogen (secondary N) is 2. The Bertz CT molecular complexity index is 1100. The molecule has 0 radical (unpaired) electrons. The van der Waals surface area contributed by atoms with Crippen molar-refractivity contribution in [2.24, 2.45) is 0 Å². The molecular weight excluding hydrogens is 416 g/mol. The first-order valence-corrected chi connectivity index (χ1v) is 11.0. The second-order valence-electron chi connectivity index (χ2n) is 7.76. The molecule has 2 heterocycles. The van der Waals surface area contributed by atoms with Crippen molar-refractivity contribution in [1.29, 1.82) is 0 Å². The van der Waals surface area contributed by atoms with Gasteiger partial charge in [-0.3, -0.25) is 9.59 Å². The van der Waals surface area contributed by atoms with Crippen LogP contribution in [0.25, 0.3) is 11.4 Å². The number of nitrogen functional groups attached to an aromatic ring is 1. The summed E-state index contributed by atoms with van der Waals surface area (Å²) in [5.41, 5.74) is 9.07. The molecule has 0 bridgehead atoms. The van der Waals surface area contributed by atoms with E-state index in [-0.39, 0.29) is 17.3 Å². The average Bonchev–Trinajstić information content (AvgIpc) is 2.81. The number of aromatic nitrogens is 2. The van der Waals surface area contributed by atoms with Crippen molar-refractivity contribution >= 4 is 23.2 Å². The van der Waals surface area contributed by atoms with Crippen LogP contribution in [0.2, 0.25) is 0 Å². The highest BCUT2D eigenvalue weighted by molar-refractivity contribution is 5.98. The number of hydrogen-bond donors (Lipinski definition) is 3. The van der Waals surface area contributed by atoms with Crippen LogP contribution < -0.4 is 16.4 Å². The lowest BCUT2D eigenvalue weighted by molar-refractivity contribution is -0.114. The number of nitrogens with two attached hydrogens (primary N) is 1. The van der Waals surface area contributed by atoms with Crippen molar-refractivity contribution < 1.29 is 9.59 Å². The van der Waals surface area contributed by atoms with Gasteiger partial charge < -0.3 is 21.3 Å². The second-order valence-corrected chi connectivity index (χ2v) is 7.76. The zero-order chi connectivity index (χ0) is 23.8. The van der Waals surface area contributed by atoms with Crippen LogP contribution in [0.3, 0.4) is 0 Å². The van der Waals surface area contributed by atoms with Crippen molar-refractivity contribution in [1.82, 2.24) is 20.2 Å². The Morgan fingerprint density at radius 2 is 1.97 bits per heavy atom. The first-order valence-electron chi connectivity index (χ1n) is 11.0. The minimum Gasteiger partial charge on any atom is -0.396 e. The molecule has 172 valence electrons. The van der Waals surface area contributed by atoms with E-state index in [0.717, 1.165) is 31.6 Å². The molecule has 1 saturated heterocycles. The van der Waals surface area contributed by atoms with Gasteiger partial charge in [0, 0.05) is 31.3 Å². The number of piperidine rings is 1. The van der Waals surface area contributed by atoms with Gasteiger partial charge in [-0.1, -0.05) is 24.8 Å². The zero-order valence-electron chi connectivity index (χ0n) is 19.1. The van der Waals surface area contributed by atoms with Crippen molar-refractivity contribution in [3.8, 4) is 11.4 Å². The van der Waals surface area contributed by atoms with Crippen LogP contribution in [0.4, 0.5) is 11.4 Å². The van der Waals surface area contributed by atoms with Gasteiger partial charge in [0.2, 0.25) is 5.91 Å². The predicted octanol–water partition coefficient (Wildman–Crippen LogP) is 3.87. The molecule has 8 nitrogen and oxygen atoms in total. The lowest BCUT2D eigenvalue weighted by Crippen LogP contribution is -2.33. The molecule has 1 fully saturated rings. The van der Waals surface area contributed by atoms with E-state index in [4.69, 9.17) is 5.73 Å². The summed E-state index contributed by atoms with van der Waals surface area (Å²) in [5, 5.41) is 5.65. The Labute approximate surface area is 194 Å². The Balaban J connectivity index is 1.92. The van der Waals surface area contributed by atoms with Crippen LogP contribution in [0.5, 0.6) is 0 Å². The van der Waals surface area contributed by atoms with Gasteiger partial charge in [-0.2, -0.15) is 0 Å². The summed E-state index contributed by atoms with van der Waals surface area (Å²) in [6.45, 7) is 9.13. The fraction of sp³-hybridized carbons (Fsp3) is 0.280. The lowest BCUT2D eigenvalue weighted by Gasteiger charge is -2.31. The Morgan fingerprint density at radius 1 is 1.21 bits per heavy atom. The molecule has 2 amide bonds. The third kappa shape index (κ3) is 6.06. The smallest absolute Gasteiger partial charge is 0.276 e. The number of carbonyl (C=O) groups excluding carboxylic acids is 2. The minimum absolute atomic E-state index is 0.0720. The molecule has 1 aliphatic rings. The van der Waals surface area contributed by atoms with E-state index < -0.39 is 5.91 Å². The molecule has 8 heteroatoms. The van der Waals surface area contributed by atoms with Crippen molar-refractivity contribution in [2.45, 2.75) is 33.1 Å². The highest BCUT2D eigenvalue weighted by atomic mass is 16.2. The van der Waals surface area contributed by atoms with Gasteiger partial charge in [-0.15, -0.1) is 0 Å². The molecule has 0 atom stereocenters. The maximum atomic E-state index is 13.2. The lowest BCUT2D eigenvalue weighted by atomic mass is 10.1. The minimum atomic E-state index is -0.442. The SMILES string of the molecule is C=C/C(NC(=O)c1nc(-c2cccc(NC(C)=O)c2)ncc1N)=C(\C=C/C)N1CCCCC1. The number of rotatable bonds is 7. The fourth-order valence-corrected chi connectivity index (χ4v) is 3.71. The summed E-state index contributed by atoms with van der Waals surface area (Å²) in [4.78, 5) is 35.5. The number of anilines is 2. The predicted molar refractivity (Wildman–Crippen MR) is 131 cm³/mol. The molecule has 0 saturated carbocycles. The zero-order valence-corrected chi connectivity index (χ0v) is 19.1. The van der Waals surface area contributed by atoms with Crippen LogP contribution >= 0.6 is 0 Å². The molecule has 33 heavy (non-hydrogen) atoms. The molecular formula is C25H30N6O2. The van der Waals surface area contributed by atoms with Crippen LogP contribution in [-0.4, -0.2) is 39.8 Å². The third-order valence-electron chi connectivity index (χ3n) is 5.22. The number of amides is 2. The standard InChI is InChI=1S/C25H30N6O2/c1-4-10-22(31-13-7-6-8-14-31)21(5-2)29-25(33)23-20(26)16-27-24(30-23)18-11-9-12-19(15-18)28-17(3)32/h4-5,9-12,15-16H,2,6-8,13-14,26H2,1,3H3,(H,28,32)(H,29,33)/b10-4-,22-21-. The van der Waals surface area contributed by atoms with Gasteiger partial charge in [-0.05, 0) is 50.5 Å². The number of carbonyl (C=O) groups is 2. The maximum absolute atomic E-state index is 13.2. The number of benzene rings is 1. The Hall–Kier alpha value is -3.94. The highest BCUT2D eigenvalue weighted by Crippen LogP contribution is 2.22. The average molecular weight is 447 g/mol. The number of allylic oxidation sites excluding steroid dienone is 3. The summed E-state index contributed by atoms with van der Waals surface area (Å²) < 4.78 is 0. The van der Waals surface area contributed by atoms with Crippen molar-refractivity contribution in [3.05, 3.63) is 72.4 Å². The van der Waals surface area contributed by atoms with Crippen LogP contribution in [0, 0.1) is 0 Å². The summed E-state index contributed by atoms with van der Waals surface area (Å²) in [7, 11) is 0. The summed E-state index contributed by atoms with van der Waals surface area (Å²) in [5.74, 6) is -0.293. The maximum Gasteiger partial charge on any atom is 0.276 e. The molecule has 0 spiro atoms. The normalized spacial score (nSPS) is 14.5. The Morgan fingerprint density at radius 3 is 2.64 bits per heavy atom. The van der Waals surface area contributed by atoms with Crippen LogP contribution in [0.15, 0.2) is 66.7 Å². The molecule has 1 aliphatic heterocycles. The molecule has 1 aromatic heterocycles. The van der Waals surface area contributed by atoms with Gasteiger partial charge in [0.1, 0.15) is 0 Å². The van der Waals surface area contributed by atoms with E-state index in [9.17, 15) is 9.59 Å². The molecule has 3 rings (SSSR count). The molecule has 4 N–H and O–H groups in total. The van der Waals surface area contributed by atoms with Gasteiger partial charge in [0.25, 0.3) is 5.91 Å². The van der Waals surface area contributed by atoms with Gasteiger partial charge >= 0.3 is 0 Å². The molecule has 0 unspecified atom stereocenters. The van der Waals surface area contributed by atoms with Gasteiger partial charge in [0.15, 0.2) is 11.5 Å². The van der Waals surface area contributed by atoms with E-state index in [0.29, 0.717) is 22.8 Å². The molecule has 1 aromatic carbocycles. The van der Waals surface area contributed by atoms with Crippen LogP contribution in [-0.2, 0) is 4.79 Å². The van der Waals surface area contributed by atoms with Gasteiger partial charge in [-0.25, -0.2) is 9.97 Å². The topological polar surface area (TPSA) is 113 Å². The van der Waals surface area contributed by atoms with Gasteiger partial charge in [0.05, 0.1) is 23.3 Å².